The van der Waals surface area contributed by atoms with Crippen LogP contribution in [-0.4, -0.2) is 25.4 Å². The minimum atomic E-state index is -0.230. The highest BCUT2D eigenvalue weighted by atomic mass is 16.5. The van der Waals surface area contributed by atoms with Crippen LogP contribution in [0.5, 0.6) is 11.5 Å². The monoisotopic (exact) mass is 309 g/mol. The van der Waals surface area contributed by atoms with Gasteiger partial charge in [-0.25, -0.2) is 0 Å². The molecule has 0 atom stereocenters. The summed E-state index contributed by atoms with van der Waals surface area (Å²) in [5.74, 6) is 0.864. The Hall–Kier alpha value is -3.08. The predicted octanol–water partition coefficient (Wildman–Crippen LogP) is 2.92. The summed E-state index contributed by atoms with van der Waals surface area (Å²) in [4.78, 5) is 23.6. The molecule has 2 aromatic carbocycles. The summed E-state index contributed by atoms with van der Waals surface area (Å²) in [6.07, 6.45) is 3.18. The lowest BCUT2D eigenvalue weighted by molar-refractivity contribution is -0.118. The van der Waals surface area contributed by atoms with Crippen LogP contribution in [0.25, 0.3) is 6.08 Å². The number of methoxy groups -OCH3 is 1. The van der Waals surface area contributed by atoms with Crippen molar-refractivity contribution in [2.45, 2.75) is 0 Å². The van der Waals surface area contributed by atoms with Crippen molar-refractivity contribution in [2.24, 2.45) is 0 Å². The number of para-hydroxylation sites is 1. The second-order valence-electron chi connectivity index (χ2n) is 4.99. The molecular formula is C18H15NO4. The maximum atomic E-state index is 12.3. The number of nitrogens with one attached hydrogen (secondary N) is 1. The van der Waals surface area contributed by atoms with Gasteiger partial charge in [0.2, 0.25) is 0 Å². The van der Waals surface area contributed by atoms with Crippen molar-refractivity contribution in [3.63, 3.8) is 0 Å². The summed E-state index contributed by atoms with van der Waals surface area (Å²) in [6, 6.07) is 12.4. The van der Waals surface area contributed by atoms with Crippen LogP contribution in [0.1, 0.15) is 15.9 Å². The molecule has 116 valence electrons. The van der Waals surface area contributed by atoms with Crippen molar-refractivity contribution >= 4 is 23.5 Å². The Bertz CT molecular complexity index is 795. The highest BCUT2D eigenvalue weighted by molar-refractivity contribution is 6.08. The third kappa shape index (κ3) is 3.23. The Labute approximate surface area is 133 Å². The third-order valence-electron chi connectivity index (χ3n) is 3.45. The van der Waals surface area contributed by atoms with Gasteiger partial charge in [-0.1, -0.05) is 18.2 Å². The summed E-state index contributed by atoms with van der Waals surface area (Å²) < 4.78 is 10.5. The first-order valence-corrected chi connectivity index (χ1v) is 7.09. The molecule has 1 heterocycles. The van der Waals surface area contributed by atoms with Gasteiger partial charge in [0.05, 0.1) is 12.8 Å². The SMILES string of the molecule is COc1ccccc1C=CC(=O)c1ccc2c(c1)NC(=O)CO2. The third-order valence-corrected chi connectivity index (χ3v) is 3.45. The number of amides is 1. The van der Waals surface area contributed by atoms with Gasteiger partial charge in [-0.3, -0.25) is 9.59 Å². The van der Waals surface area contributed by atoms with Crippen LogP contribution < -0.4 is 14.8 Å². The molecule has 0 aliphatic carbocycles. The number of hydrogen-bond acceptors (Lipinski definition) is 4. The van der Waals surface area contributed by atoms with Crippen LogP contribution in [0, 0.1) is 0 Å². The van der Waals surface area contributed by atoms with E-state index in [1.807, 2.05) is 24.3 Å². The molecule has 5 nitrogen and oxygen atoms in total. The van der Waals surface area contributed by atoms with Gasteiger partial charge in [-0.05, 0) is 36.4 Å². The highest BCUT2D eigenvalue weighted by Crippen LogP contribution is 2.28. The number of fused-ring (bicyclic) bond motifs is 1. The molecule has 0 aromatic heterocycles. The van der Waals surface area contributed by atoms with E-state index in [2.05, 4.69) is 5.32 Å². The first-order valence-electron chi connectivity index (χ1n) is 7.09. The minimum absolute atomic E-state index is 0.00595. The Morgan fingerprint density at radius 2 is 2.09 bits per heavy atom. The van der Waals surface area contributed by atoms with Crippen molar-refractivity contribution in [1.82, 2.24) is 0 Å². The van der Waals surface area contributed by atoms with Crippen LogP contribution >= 0.6 is 0 Å². The van der Waals surface area contributed by atoms with E-state index in [1.165, 1.54) is 6.08 Å². The van der Waals surface area contributed by atoms with Crippen molar-refractivity contribution in [3.8, 4) is 11.5 Å². The van der Waals surface area contributed by atoms with Gasteiger partial charge in [0, 0.05) is 11.1 Å². The van der Waals surface area contributed by atoms with Crippen molar-refractivity contribution in [3.05, 3.63) is 59.7 Å². The maximum absolute atomic E-state index is 12.3. The molecule has 5 heteroatoms. The lowest BCUT2D eigenvalue weighted by atomic mass is 10.1. The number of rotatable bonds is 4. The number of ether oxygens (including phenoxy) is 2. The number of allylic oxidation sites excluding steroid dienone is 1. The fraction of sp³-hybridized carbons (Fsp3) is 0.111. The molecule has 0 saturated carbocycles. The number of carbonyl (C=O) groups is 2. The first-order chi connectivity index (χ1) is 11.2. The Balaban J connectivity index is 1.82. The molecule has 1 amide bonds. The second-order valence-corrected chi connectivity index (χ2v) is 4.99. The maximum Gasteiger partial charge on any atom is 0.262 e. The summed E-state index contributed by atoms with van der Waals surface area (Å²) in [5.41, 5.74) is 1.80. The van der Waals surface area contributed by atoms with Gasteiger partial charge < -0.3 is 14.8 Å². The normalized spacial score (nSPS) is 13.2. The molecule has 3 rings (SSSR count). The van der Waals surface area contributed by atoms with Crippen molar-refractivity contribution in [2.75, 3.05) is 19.0 Å². The van der Waals surface area contributed by atoms with Crippen LogP contribution in [0.2, 0.25) is 0 Å². The van der Waals surface area contributed by atoms with E-state index in [-0.39, 0.29) is 18.3 Å². The molecule has 0 spiro atoms. The molecule has 23 heavy (non-hydrogen) atoms. The topological polar surface area (TPSA) is 64.6 Å². The molecule has 1 aliphatic rings. The number of hydrogen-bond donors (Lipinski definition) is 1. The highest BCUT2D eigenvalue weighted by Gasteiger charge is 2.17. The molecular weight excluding hydrogens is 294 g/mol. The van der Waals surface area contributed by atoms with E-state index in [1.54, 1.807) is 31.4 Å². The van der Waals surface area contributed by atoms with E-state index in [0.29, 0.717) is 22.7 Å². The van der Waals surface area contributed by atoms with Gasteiger partial charge in [-0.2, -0.15) is 0 Å². The van der Waals surface area contributed by atoms with Gasteiger partial charge >= 0.3 is 0 Å². The predicted molar refractivity (Wildman–Crippen MR) is 86.9 cm³/mol. The standard InChI is InChI=1S/C18H15NO4/c1-22-16-5-3-2-4-12(16)6-8-15(20)13-7-9-17-14(10-13)19-18(21)11-23-17/h2-10H,11H2,1H3,(H,19,21). The van der Waals surface area contributed by atoms with E-state index in [4.69, 9.17) is 9.47 Å². The first kappa shape index (κ1) is 14.8. The Kier molecular flexibility index (Phi) is 4.10. The number of anilines is 1. The van der Waals surface area contributed by atoms with Crippen molar-refractivity contribution in [1.29, 1.82) is 0 Å². The van der Waals surface area contributed by atoms with E-state index in [0.717, 1.165) is 5.56 Å². The minimum Gasteiger partial charge on any atom is -0.496 e. The quantitative estimate of drug-likeness (QED) is 0.696. The van der Waals surface area contributed by atoms with Gasteiger partial charge in [-0.15, -0.1) is 0 Å². The molecule has 0 unspecified atom stereocenters. The molecule has 1 N–H and O–H groups in total. The second kappa shape index (κ2) is 6.36. The fourth-order valence-corrected chi connectivity index (χ4v) is 2.30. The van der Waals surface area contributed by atoms with Gasteiger partial charge in [0.15, 0.2) is 12.4 Å². The summed E-state index contributed by atoms with van der Waals surface area (Å²) in [6.45, 7) is -0.00595. The van der Waals surface area contributed by atoms with Crippen LogP contribution in [0.3, 0.4) is 0 Å². The Morgan fingerprint density at radius 3 is 2.91 bits per heavy atom. The van der Waals surface area contributed by atoms with Gasteiger partial charge in [0.25, 0.3) is 5.91 Å². The lowest BCUT2D eigenvalue weighted by Crippen LogP contribution is -2.25. The summed E-state index contributed by atoms with van der Waals surface area (Å²) in [7, 11) is 1.58. The van der Waals surface area contributed by atoms with Crippen LogP contribution in [0.15, 0.2) is 48.5 Å². The molecule has 0 radical (unpaired) electrons. The zero-order chi connectivity index (χ0) is 16.2. The van der Waals surface area contributed by atoms with Crippen molar-refractivity contribution < 1.29 is 19.1 Å². The zero-order valence-electron chi connectivity index (χ0n) is 12.5. The number of benzene rings is 2. The largest absolute Gasteiger partial charge is 0.496 e. The van der Waals surface area contributed by atoms with E-state index >= 15 is 0 Å². The smallest absolute Gasteiger partial charge is 0.262 e. The molecule has 1 aliphatic heterocycles. The fourth-order valence-electron chi connectivity index (χ4n) is 2.30. The molecule has 0 bridgehead atoms. The van der Waals surface area contributed by atoms with Gasteiger partial charge in [0.1, 0.15) is 11.5 Å². The molecule has 2 aromatic rings. The average Bonchev–Trinajstić information content (AvgIpc) is 2.59. The Morgan fingerprint density at radius 1 is 1.26 bits per heavy atom. The summed E-state index contributed by atoms with van der Waals surface area (Å²) in [5, 5.41) is 2.69. The lowest BCUT2D eigenvalue weighted by Gasteiger charge is -2.17. The number of carbonyl (C=O) groups excluding carboxylic acids is 2. The molecule has 0 fully saturated rings. The van der Waals surface area contributed by atoms with Crippen LogP contribution in [-0.2, 0) is 4.79 Å². The zero-order valence-corrected chi connectivity index (χ0v) is 12.5. The van der Waals surface area contributed by atoms with E-state index in [9.17, 15) is 9.59 Å². The van der Waals surface area contributed by atoms with Crippen LogP contribution in [0.4, 0.5) is 5.69 Å². The van der Waals surface area contributed by atoms with E-state index < -0.39 is 0 Å². The molecule has 0 saturated heterocycles. The summed E-state index contributed by atoms with van der Waals surface area (Å²) >= 11 is 0. The number of ketones is 1. The average molecular weight is 309 g/mol.